The summed E-state index contributed by atoms with van der Waals surface area (Å²) in [7, 11) is 0. The highest BCUT2D eigenvalue weighted by atomic mass is 16.5. The van der Waals surface area contributed by atoms with Gasteiger partial charge in [-0.15, -0.1) is 0 Å². The second kappa shape index (κ2) is 5.80. The van der Waals surface area contributed by atoms with Gasteiger partial charge in [0.2, 0.25) is 11.8 Å². The number of carbonyl (C=O) groups is 2. The average Bonchev–Trinajstić information content (AvgIpc) is 3.05. The molecule has 1 aromatic rings. The summed E-state index contributed by atoms with van der Waals surface area (Å²) < 4.78 is 10.6. The number of aryl methyl sites for hydroxylation is 1. The Morgan fingerprint density at radius 3 is 2.95 bits per heavy atom. The molecule has 0 radical (unpaired) electrons. The van der Waals surface area contributed by atoms with Crippen LogP contribution < -0.4 is 5.32 Å². The number of ether oxygens (including phenoxy) is 1. The number of nitrogens with one attached hydrogen (secondary N) is 1. The van der Waals surface area contributed by atoms with Gasteiger partial charge in [-0.2, -0.15) is 4.98 Å². The van der Waals surface area contributed by atoms with E-state index in [4.69, 9.17) is 9.26 Å². The Kier molecular flexibility index (Phi) is 3.87. The molecule has 0 bridgehead atoms. The fourth-order valence-electron chi connectivity index (χ4n) is 2.42. The molecule has 2 saturated heterocycles. The molecule has 0 aromatic carbocycles. The third-order valence-electron chi connectivity index (χ3n) is 3.72. The lowest BCUT2D eigenvalue weighted by Gasteiger charge is -2.39. The topological polar surface area (TPSA) is 97.6 Å². The predicted molar refractivity (Wildman–Crippen MR) is 70.0 cm³/mol. The highest BCUT2D eigenvalue weighted by molar-refractivity contribution is 5.91. The summed E-state index contributed by atoms with van der Waals surface area (Å²) in [6, 6.07) is -0.360. The molecule has 3 heterocycles. The van der Waals surface area contributed by atoms with Crippen LogP contribution in [0, 0.1) is 0 Å². The SMILES string of the molecule is CCc1noc(COC2CN(C(=O)C3CCC(=O)N3)C2)n1. The first-order chi connectivity index (χ1) is 10.2. The third kappa shape index (κ3) is 3.05. The van der Waals surface area contributed by atoms with Gasteiger partial charge in [0.1, 0.15) is 12.6 Å². The number of carbonyl (C=O) groups excluding carboxylic acids is 2. The fraction of sp³-hybridized carbons (Fsp3) is 0.692. The van der Waals surface area contributed by atoms with E-state index in [1.54, 1.807) is 4.90 Å². The summed E-state index contributed by atoms with van der Waals surface area (Å²) in [6.07, 6.45) is 1.73. The number of amides is 2. The van der Waals surface area contributed by atoms with E-state index < -0.39 is 0 Å². The number of aromatic nitrogens is 2. The van der Waals surface area contributed by atoms with Crippen LogP contribution in [0.4, 0.5) is 0 Å². The molecule has 2 fully saturated rings. The number of likely N-dealkylation sites (tertiary alicyclic amines) is 1. The van der Waals surface area contributed by atoms with Gasteiger partial charge in [0, 0.05) is 25.9 Å². The van der Waals surface area contributed by atoms with Crippen LogP contribution in [-0.2, 0) is 27.4 Å². The molecule has 1 unspecified atom stereocenters. The van der Waals surface area contributed by atoms with E-state index in [0.717, 1.165) is 6.42 Å². The second-order valence-electron chi connectivity index (χ2n) is 5.29. The van der Waals surface area contributed by atoms with Crippen molar-refractivity contribution in [3.63, 3.8) is 0 Å². The van der Waals surface area contributed by atoms with E-state index in [1.807, 2.05) is 6.92 Å². The van der Waals surface area contributed by atoms with Gasteiger partial charge in [-0.25, -0.2) is 0 Å². The maximum atomic E-state index is 12.0. The van der Waals surface area contributed by atoms with E-state index >= 15 is 0 Å². The number of rotatable bonds is 5. The summed E-state index contributed by atoms with van der Waals surface area (Å²) >= 11 is 0. The molecule has 1 N–H and O–H groups in total. The van der Waals surface area contributed by atoms with Gasteiger partial charge in [0.25, 0.3) is 5.89 Å². The van der Waals surface area contributed by atoms with Gasteiger partial charge in [-0.1, -0.05) is 12.1 Å². The van der Waals surface area contributed by atoms with Gasteiger partial charge in [0.05, 0.1) is 6.10 Å². The molecule has 114 valence electrons. The summed E-state index contributed by atoms with van der Waals surface area (Å²) in [6.45, 7) is 3.30. The number of nitrogens with zero attached hydrogens (tertiary/aromatic N) is 3. The Morgan fingerprint density at radius 2 is 2.33 bits per heavy atom. The normalized spacial score (nSPS) is 22.2. The number of hydrogen-bond donors (Lipinski definition) is 1. The quantitative estimate of drug-likeness (QED) is 0.796. The minimum atomic E-state index is -0.360. The minimum Gasteiger partial charge on any atom is -0.365 e. The van der Waals surface area contributed by atoms with Crippen molar-refractivity contribution in [1.82, 2.24) is 20.4 Å². The highest BCUT2D eigenvalue weighted by Gasteiger charge is 2.37. The molecule has 21 heavy (non-hydrogen) atoms. The Hall–Kier alpha value is -1.96. The van der Waals surface area contributed by atoms with Crippen LogP contribution in [0.15, 0.2) is 4.52 Å². The molecule has 2 amide bonds. The van der Waals surface area contributed by atoms with Crippen molar-refractivity contribution in [2.75, 3.05) is 13.1 Å². The lowest BCUT2D eigenvalue weighted by atomic mass is 10.1. The molecule has 8 nitrogen and oxygen atoms in total. The van der Waals surface area contributed by atoms with E-state index in [9.17, 15) is 9.59 Å². The largest absolute Gasteiger partial charge is 0.365 e. The molecule has 2 aliphatic heterocycles. The molecule has 1 atom stereocenters. The molecule has 0 saturated carbocycles. The molecule has 2 aliphatic rings. The number of hydrogen-bond acceptors (Lipinski definition) is 6. The second-order valence-corrected chi connectivity index (χ2v) is 5.29. The van der Waals surface area contributed by atoms with Crippen molar-refractivity contribution < 1.29 is 18.8 Å². The Labute approximate surface area is 121 Å². The maximum Gasteiger partial charge on any atom is 0.252 e. The average molecular weight is 294 g/mol. The van der Waals surface area contributed by atoms with E-state index in [2.05, 4.69) is 15.5 Å². The van der Waals surface area contributed by atoms with Gasteiger partial charge >= 0.3 is 0 Å². The van der Waals surface area contributed by atoms with Crippen LogP contribution in [0.3, 0.4) is 0 Å². The van der Waals surface area contributed by atoms with Crippen molar-refractivity contribution in [3.8, 4) is 0 Å². The van der Waals surface area contributed by atoms with Gasteiger partial charge in [0.15, 0.2) is 5.82 Å². The van der Waals surface area contributed by atoms with Crippen LogP contribution >= 0.6 is 0 Å². The lowest BCUT2D eigenvalue weighted by molar-refractivity contribution is -0.148. The van der Waals surface area contributed by atoms with Crippen LogP contribution in [-0.4, -0.2) is 52.1 Å². The smallest absolute Gasteiger partial charge is 0.252 e. The molecule has 0 aliphatic carbocycles. The zero-order chi connectivity index (χ0) is 14.8. The van der Waals surface area contributed by atoms with Crippen molar-refractivity contribution >= 4 is 11.8 Å². The van der Waals surface area contributed by atoms with Gasteiger partial charge < -0.3 is 19.5 Å². The molecular weight excluding hydrogens is 276 g/mol. The van der Waals surface area contributed by atoms with Crippen molar-refractivity contribution in [3.05, 3.63) is 11.7 Å². The Morgan fingerprint density at radius 1 is 1.52 bits per heavy atom. The van der Waals surface area contributed by atoms with E-state index in [-0.39, 0.29) is 30.6 Å². The highest BCUT2D eigenvalue weighted by Crippen LogP contribution is 2.18. The van der Waals surface area contributed by atoms with Gasteiger partial charge in [-0.3, -0.25) is 9.59 Å². The first-order valence-electron chi connectivity index (χ1n) is 7.17. The summed E-state index contributed by atoms with van der Waals surface area (Å²) in [5.74, 6) is 1.05. The van der Waals surface area contributed by atoms with Crippen LogP contribution in [0.1, 0.15) is 31.5 Å². The maximum absolute atomic E-state index is 12.0. The van der Waals surface area contributed by atoms with Crippen molar-refractivity contribution in [2.45, 2.75) is 44.9 Å². The Bertz CT molecular complexity index is 538. The molecule has 0 spiro atoms. The standard InChI is InChI=1S/C13H18N4O4/c1-2-10-15-12(21-16-10)7-20-8-5-17(6-8)13(19)9-3-4-11(18)14-9/h8-9H,2-7H2,1H3,(H,14,18). The lowest BCUT2D eigenvalue weighted by Crippen LogP contribution is -2.58. The first-order valence-corrected chi connectivity index (χ1v) is 7.17. The zero-order valence-electron chi connectivity index (χ0n) is 11.9. The Balaban J connectivity index is 1.39. The minimum absolute atomic E-state index is 0.0111. The zero-order valence-corrected chi connectivity index (χ0v) is 11.9. The van der Waals surface area contributed by atoms with Crippen molar-refractivity contribution in [1.29, 1.82) is 0 Å². The van der Waals surface area contributed by atoms with Gasteiger partial charge in [-0.05, 0) is 6.42 Å². The summed E-state index contributed by atoms with van der Waals surface area (Å²) in [4.78, 5) is 29.0. The summed E-state index contributed by atoms with van der Waals surface area (Å²) in [5.41, 5.74) is 0. The molecule has 8 heteroatoms. The fourth-order valence-corrected chi connectivity index (χ4v) is 2.42. The first kappa shape index (κ1) is 14.0. The van der Waals surface area contributed by atoms with E-state index in [0.29, 0.717) is 37.6 Å². The monoisotopic (exact) mass is 294 g/mol. The van der Waals surface area contributed by atoms with E-state index in [1.165, 1.54) is 0 Å². The molecule has 3 rings (SSSR count). The predicted octanol–water partition coefficient (Wildman–Crippen LogP) is -0.362. The molecule has 1 aromatic heterocycles. The summed E-state index contributed by atoms with van der Waals surface area (Å²) in [5, 5.41) is 6.47. The van der Waals surface area contributed by atoms with Crippen LogP contribution in [0.2, 0.25) is 0 Å². The van der Waals surface area contributed by atoms with Crippen LogP contribution in [0.25, 0.3) is 0 Å². The third-order valence-corrected chi connectivity index (χ3v) is 3.72. The van der Waals surface area contributed by atoms with Crippen molar-refractivity contribution in [2.24, 2.45) is 0 Å². The molecular formula is C13H18N4O4. The van der Waals surface area contributed by atoms with Crippen LogP contribution in [0.5, 0.6) is 0 Å².